The molecule has 3 nitrogen and oxygen atoms in total. The summed E-state index contributed by atoms with van der Waals surface area (Å²) in [5, 5.41) is 0. The molecule has 0 amide bonds. The average Bonchev–Trinajstić information content (AvgIpc) is 2.24. The molecule has 2 fully saturated rings. The zero-order valence-electron chi connectivity index (χ0n) is 9.87. The van der Waals surface area contributed by atoms with Crippen molar-refractivity contribution in [2.45, 2.75) is 26.2 Å². The number of piperidine rings is 1. The van der Waals surface area contributed by atoms with Gasteiger partial charge in [0.05, 0.1) is 13.2 Å². The molecule has 0 aliphatic carbocycles. The fourth-order valence-corrected chi connectivity index (χ4v) is 2.76. The standard InChI is InChI=1S/C12H24N2O/c1-2-12(9-15-10-12)8-14-5-3-4-11(6-13)7-14/h11H,2-10,13H2,1H3. The van der Waals surface area contributed by atoms with Gasteiger partial charge in [-0.1, -0.05) is 6.92 Å². The zero-order valence-corrected chi connectivity index (χ0v) is 9.87. The lowest BCUT2D eigenvalue weighted by molar-refractivity contribution is -0.130. The van der Waals surface area contributed by atoms with E-state index in [1.165, 1.54) is 38.9 Å². The molecule has 2 N–H and O–H groups in total. The number of hydrogen-bond donors (Lipinski definition) is 1. The lowest BCUT2D eigenvalue weighted by atomic mass is 9.82. The summed E-state index contributed by atoms with van der Waals surface area (Å²) in [5.41, 5.74) is 6.23. The number of ether oxygens (including phenoxy) is 1. The SMILES string of the molecule is CCC1(CN2CCCC(CN)C2)COC1. The number of rotatable bonds is 4. The molecule has 2 aliphatic heterocycles. The molecule has 0 aromatic rings. The molecule has 0 radical (unpaired) electrons. The van der Waals surface area contributed by atoms with E-state index in [1.54, 1.807) is 0 Å². The third-order valence-electron chi connectivity index (χ3n) is 4.06. The highest BCUT2D eigenvalue weighted by molar-refractivity contribution is 4.89. The Labute approximate surface area is 93.0 Å². The van der Waals surface area contributed by atoms with E-state index in [1.807, 2.05) is 0 Å². The minimum absolute atomic E-state index is 0.469. The first-order valence-electron chi connectivity index (χ1n) is 6.28. The van der Waals surface area contributed by atoms with Gasteiger partial charge in [-0.3, -0.25) is 0 Å². The van der Waals surface area contributed by atoms with Gasteiger partial charge in [-0.25, -0.2) is 0 Å². The van der Waals surface area contributed by atoms with Gasteiger partial charge < -0.3 is 15.4 Å². The second-order valence-corrected chi connectivity index (χ2v) is 5.33. The largest absolute Gasteiger partial charge is 0.380 e. The molecule has 0 saturated carbocycles. The number of nitrogens with zero attached hydrogens (tertiary/aromatic N) is 1. The Bertz CT molecular complexity index is 198. The molecule has 2 aliphatic rings. The monoisotopic (exact) mass is 212 g/mol. The van der Waals surface area contributed by atoms with Crippen molar-refractivity contribution >= 4 is 0 Å². The van der Waals surface area contributed by atoms with Crippen molar-refractivity contribution in [1.82, 2.24) is 4.90 Å². The first-order chi connectivity index (χ1) is 7.28. The van der Waals surface area contributed by atoms with E-state index in [-0.39, 0.29) is 0 Å². The fourth-order valence-electron chi connectivity index (χ4n) is 2.76. The Balaban J connectivity index is 1.82. The summed E-state index contributed by atoms with van der Waals surface area (Å²) in [4.78, 5) is 2.60. The highest BCUT2D eigenvalue weighted by atomic mass is 16.5. The van der Waals surface area contributed by atoms with Crippen molar-refractivity contribution in [2.24, 2.45) is 17.1 Å². The predicted molar refractivity (Wildman–Crippen MR) is 61.8 cm³/mol. The van der Waals surface area contributed by atoms with Crippen LogP contribution in [0.5, 0.6) is 0 Å². The van der Waals surface area contributed by atoms with Gasteiger partial charge in [-0.2, -0.15) is 0 Å². The molecule has 1 atom stereocenters. The molecule has 15 heavy (non-hydrogen) atoms. The van der Waals surface area contributed by atoms with E-state index >= 15 is 0 Å². The Kier molecular flexibility index (Phi) is 3.65. The second kappa shape index (κ2) is 4.81. The summed E-state index contributed by atoms with van der Waals surface area (Å²) >= 11 is 0. The van der Waals surface area contributed by atoms with E-state index in [9.17, 15) is 0 Å². The van der Waals surface area contributed by atoms with Gasteiger partial charge in [0.15, 0.2) is 0 Å². The molecule has 0 spiro atoms. The molecule has 0 bridgehead atoms. The first kappa shape index (κ1) is 11.4. The van der Waals surface area contributed by atoms with Crippen LogP contribution in [0.1, 0.15) is 26.2 Å². The van der Waals surface area contributed by atoms with Crippen molar-refractivity contribution < 1.29 is 4.74 Å². The molecule has 1 unspecified atom stereocenters. The van der Waals surface area contributed by atoms with Gasteiger partial charge in [0, 0.05) is 18.5 Å². The Morgan fingerprint density at radius 3 is 2.80 bits per heavy atom. The van der Waals surface area contributed by atoms with Crippen molar-refractivity contribution in [3.63, 3.8) is 0 Å². The van der Waals surface area contributed by atoms with E-state index in [2.05, 4.69) is 11.8 Å². The topological polar surface area (TPSA) is 38.5 Å². The van der Waals surface area contributed by atoms with Crippen LogP contribution < -0.4 is 5.73 Å². The van der Waals surface area contributed by atoms with Gasteiger partial charge in [0.1, 0.15) is 0 Å². The van der Waals surface area contributed by atoms with Gasteiger partial charge in [-0.15, -0.1) is 0 Å². The van der Waals surface area contributed by atoms with Crippen LogP contribution in [0, 0.1) is 11.3 Å². The summed E-state index contributed by atoms with van der Waals surface area (Å²) in [6.07, 6.45) is 3.89. The Hall–Kier alpha value is -0.120. The maximum Gasteiger partial charge on any atom is 0.0557 e. The second-order valence-electron chi connectivity index (χ2n) is 5.33. The quantitative estimate of drug-likeness (QED) is 0.758. The van der Waals surface area contributed by atoms with Gasteiger partial charge >= 0.3 is 0 Å². The molecular weight excluding hydrogens is 188 g/mol. The Morgan fingerprint density at radius 2 is 2.27 bits per heavy atom. The molecule has 3 heteroatoms. The van der Waals surface area contributed by atoms with Crippen LogP contribution >= 0.6 is 0 Å². The van der Waals surface area contributed by atoms with Gasteiger partial charge in [0.2, 0.25) is 0 Å². The summed E-state index contributed by atoms with van der Waals surface area (Å²) in [6.45, 7) is 8.76. The van der Waals surface area contributed by atoms with Crippen molar-refractivity contribution in [1.29, 1.82) is 0 Å². The van der Waals surface area contributed by atoms with E-state index < -0.39 is 0 Å². The third kappa shape index (κ3) is 2.52. The van der Waals surface area contributed by atoms with Crippen LogP contribution in [-0.2, 0) is 4.74 Å². The molecule has 0 aromatic heterocycles. The number of nitrogens with two attached hydrogens (primary N) is 1. The van der Waals surface area contributed by atoms with Crippen LogP contribution in [0.2, 0.25) is 0 Å². The van der Waals surface area contributed by atoms with E-state index in [0.29, 0.717) is 5.41 Å². The summed E-state index contributed by atoms with van der Waals surface area (Å²) < 4.78 is 5.37. The van der Waals surface area contributed by atoms with Gasteiger partial charge in [0.25, 0.3) is 0 Å². The number of likely N-dealkylation sites (tertiary alicyclic amines) is 1. The molecule has 0 aromatic carbocycles. The minimum atomic E-state index is 0.469. The lowest BCUT2D eigenvalue weighted by Gasteiger charge is -2.46. The lowest BCUT2D eigenvalue weighted by Crippen LogP contribution is -2.52. The maximum absolute atomic E-state index is 5.76. The summed E-state index contributed by atoms with van der Waals surface area (Å²) in [5.74, 6) is 0.730. The van der Waals surface area contributed by atoms with Crippen LogP contribution in [0.15, 0.2) is 0 Å². The third-order valence-corrected chi connectivity index (χ3v) is 4.06. The summed E-state index contributed by atoms with van der Waals surface area (Å²) in [6, 6.07) is 0. The molecular formula is C12H24N2O. The molecule has 2 saturated heterocycles. The van der Waals surface area contributed by atoms with Crippen LogP contribution in [-0.4, -0.2) is 44.3 Å². The fraction of sp³-hybridized carbons (Fsp3) is 1.00. The van der Waals surface area contributed by atoms with E-state index in [4.69, 9.17) is 10.5 Å². The Morgan fingerprint density at radius 1 is 1.47 bits per heavy atom. The van der Waals surface area contributed by atoms with Crippen LogP contribution in [0.25, 0.3) is 0 Å². The maximum atomic E-state index is 5.76. The van der Waals surface area contributed by atoms with Crippen molar-refractivity contribution in [2.75, 3.05) is 39.4 Å². The molecule has 2 rings (SSSR count). The normalized spacial score (nSPS) is 31.2. The van der Waals surface area contributed by atoms with Crippen molar-refractivity contribution in [3.8, 4) is 0 Å². The average molecular weight is 212 g/mol. The number of hydrogen-bond acceptors (Lipinski definition) is 3. The minimum Gasteiger partial charge on any atom is -0.380 e. The van der Waals surface area contributed by atoms with Crippen LogP contribution in [0.3, 0.4) is 0 Å². The molecule has 2 heterocycles. The smallest absolute Gasteiger partial charge is 0.0557 e. The highest BCUT2D eigenvalue weighted by Crippen LogP contribution is 2.33. The van der Waals surface area contributed by atoms with Gasteiger partial charge in [-0.05, 0) is 38.3 Å². The first-order valence-corrected chi connectivity index (χ1v) is 6.28. The van der Waals surface area contributed by atoms with Crippen LogP contribution in [0.4, 0.5) is 0 Å². The summed E-state index contributed by atoms with van der Waals surface area (Å²) in [7, 11) is 0. The molecule has 88 valence electrons. The van der Waals surface area contributed by atoms with Crippen molar-refractivity contribution in [3.05, 3.63) is 0 Å². The zero-order chi connectivity index (χ0) is 10.7. The van der Waals surface area contributed by atoms with E-state index in [0.717, 1.165) is 25.7 Å². The highest BCUT2D eigenvalue weighted by Gasteiger charge is 2.38. The predicted octanol–water partition coefficient (Wildman–Crippen LogP) is 1.08.